The molecule has 1 atom stereocenters. The third-order valence-electron chi connectivity index (χ3n) is 4.02. The zero-order valence-corrected chi connectivity index (χ0v) is 17.9. The van der Waals surface area contributed by atoms with Crippen LogP contribution in [0.1, 0.15) is 41.8 Å². The molecular formula is C16H29IN4OS. The van der Waals surface area contributed by atoms with Crippen LogP contribution in [0.3, 0.4) is 0 Å². The Morgan fingerprint density at radius 3 is 2.83 bits per heavy atom. The molecule has 2 rings (SSSR count). The highest BCUT2D eigenvalue weighted by molar-refractivity contribution is 14.0. The first-order valence-corrected chi connectivity index (χ1v) is 8.77. The van der Waals surface area contributed by atoms with Gasteiger partial charge in [0.25, 0.3) is 0 Å². The summed E-state index contributed by atoms with van der Waals surface area (Å²) >= 11 is 1.78. The van der Waals surface area contributed by atoms with Gasteiger partial charge in [-0.1, -0.05) is 13.8 Å². The molecule has 1 N–H and O–H groups in total. The Kier molecular flexibility index (Phi) is 8.78. The number of guanidine groups is 1. The molecule has 1 aromatic heterocycles. The van der Waals surface area contributed by atoms with Crippen LogP contribution in [0.2, 0.25) is 0 Å². The van der Waals surface area contributed by atoms with E-state index in [9.17, 15) is 0 Å². The lowest BCUT2D eigenvalue weighted by Crippen LogP contribution is -2.39. The Hall–Kier alpha value is -0.410. The summed E-state index contributed by atoms with van der Waals surface area (Å²) in [7, 11) is 3.62. The molecule has 0 amide bonds. The van der Waals surface area contributed by atoms with E-state index in [1.54, 1.807) is 18.4 Å². The Bertz CT molecular complexity index is 518. The van der Waals surface area contributed by atoms with Gasteiger partial charge in [-0.25, -0.2) is 4.98 Å². The molecule has 0 saturated carbocycles. The molecule has 7 heteroatoms. The molecule has 1 saturated heterocycles. The number of rotatable bonds is 5. The van der Waals surface area contributed by atoms with Crippen LogP contribution in [0.5, 0.6) is 0 Å². The lowest BCUT2D eigenvalue weighted by molar-refractivity contribution is 0.157. The molecule has 1 aromatic rings. The molecular weight excluding hydrogens is 423 g/mol. The van der Waals surface area contributed by atoms with E-state index in [0.717, 1.165) is 37.2 Å². The minimum Gasteiger partial charge on any atom is -0.384 e. The van der Waals surface area contributed by atoms with Gasteiger partial charge in [0.05, 0.1) is 18.8 Å². The first-order chi connectivity index (χ1) is 10.5. The van der Waals surface area contributed by atoms with Gasteiger partial charge in [0.1, 0.15) is 5.01 Å². The normalized spacial score (nSPS) is 18.4. The standard InChI is InChI=1S/C16H28N4OS.HI/c1-11(2)15-12(3)22-14(19-15)8-18-16(17-4)20-7-6-13(9-20)10-21-5;/h11,13H,6-10H2,1-5H3,(H,17,18);1H. The average molecular weight is 452 g/mol. The topological polar surface area (TPSA) is 49.8 Å². The first-order valence-electron chi connectivity index (χ1n) is 7.95. The van der Waals surface area contributed by atoms with Crippen LogP contribution in [0.4, 0.5) is 0 Å². The number of ether oxygens (including phenoxy) is 1. The van der Waals surface area contributed by atoms with Gasteiger partial charge >= 0.3 is 0 Å². The van der Waals surface area contributed by atoms with Crippen molar-refractivity contribution in [2.45, 2.75) is 39.7 Å². The highest BCUT2D eigenvalue weighted by atomic mass is 127. The minimum atomic E-state index is 0. The molecule has 1 aliphatic heterocycles. The predicted octanol–water partition coefficient (Wildman–Crippen LogP) is 3.24. The predicted molar refractivity (Wildman–Crippen MR) is 108 cm³/mol. The lowest BCUT2D eigenvalue weighted by Gasteiger charge is -2.21. The Balaban J connectivity index is 0.00000264. The molecule has 2 heterocycles. The summed E-state index contributed by atoms with van der Waals surface area (Å²) < 4.78 is 5.26. The van der Waals surface area contributed by atoms with E-state index in [4.69, 9.17) is 9.72 Å². The Labute approximate surface area is 160 Å². The van der Waals surface area contributed by atoms with E-state index < -0.39 is 0 Å². The third-order valence-corrected chi connectivity index (χ3v) is 5.01. The number of likely N-dealkylation sites (tertiary alicyclic amines) is 1. The van der Waals surface area contributed by atoms with Crippen molar-refractivity contribution in [2.24, 2.45) is 10.9 Å². The molecule has 0 spiro atoms. The number of methoxy groups -OCH3 is 1. The number of hydrogen-bond donors (Lipinski definition) is 1. The molecule has 0 bridgehead atoms. The van der Waals surface area contributed by atoms with Crippen molar-refractivity contribution >= 4 is 41.3 Å². The summed E-state index contributed by atoms with van der Waals surface area (Å²) in [5, 5.41) is 4.59. The van der Waals surface area contributed by atoms with Crippen LogP contribution in [0.15, 0.2) is 4.99 Å². The van der Waals surface area contributed by atoms with Crippen LogP contribution < -0.4 is 5.32 Å². The largest absolute Gasteiger partial charge is 0.384 e. The summed E-state index contributed by atoms with van der Waals surface area (Å²) in [4.78, 5) is 12.8. The molecule has 1 aliphatic rings. The molecule has 132 valence electrons. The fourth-order valence-electron chi connectivity index (χ4n) is 2.96. The van der Waals surface area contributed by atoms with Crippen molar-refractivity contribution in [3.63, 3.8) is 0 Å². The molecule has 0 radical (unpaired) electrons. The highest BCUT2D eigenvalue weighted by Gasteiger charge is 2.24. The van der Waals surface area contributed by atoms with Gasteiger partial charge in [-0.3, -0.25) is 4.99 Å². The smallest absolute Gasteiger partial charge is 0.194 e. The Morgan fingerprint density at radius 1 is 1.52 bits per heavy atom. The van der Waals surface area contributed by atoms with Crippen LogP contribution in [-0.4, -0.2) is 49.7 Å². The van der Waals surface area contributed by atoms with Gasteiger partial charge < -0.3 is 15.0 Å². The van der Waals surface area contributed by atoms with Crippen molar-refractivity contribution in [3.05, 3.63) is 15.6 Å². The zero-order valence-electron chi connectivity index (χ0n) is 14.8. The van der Waals surface area contributed by atoms with E-state index in [1.807, 2.05) is 7.05 Å². The SMILES string of the molecule is CN=C(NCc1nc(C(C)C)c(C)s1)N1CCC(COC)C1.I. The third kappa shape index (κ3) is 5.56. The number of hydrogen-bond acceptors (Lipinski definition) is 4. The number of aryl methyl sites for hydroxylation is 1. The number of aliphatic imine (C=N–C) groups is 1. The van der Waals surface area contributed by atoms with Gasteiger partial charge in [-0.05, 0) is 19.3 Å². The maximum Gasteiger partial charge on any atom is 0.194 e. The number of nitrogens with one attached hydrogen (secondary N) is 1. The summed E-state index contributed by atoms with van der Waals surface area (Å²) in [6.07, 6.45) is 1.17. The molecule has 1 unspecified atom stereocenters. The summed E-state index contributed by atoms with van der Waals surface area (Å²) in [5.41, 5.74) is 1.22. The van der Waals surface area contributed by atoms with Crippen LogP contribution >= 0.6 is 35.3 Å². The van der Waals surface area contributed by atoms with E-state index in [0.29, 0.717) is 11.8 Å². The second-order valence-electron chi connectivity index (χ2n) is 6.16. The lowest BCUT2D eigenvalue weighted by atomic mass is 10.1. The minimum absolute atomic E-state index is 0. The van der Waals surface area contributed by atoms with Crippen molar-refractivity contribution < 1.29 is 4.74 Å². The number of halogens is 1. The zero-order chi connectivity index (χ0) is 16.1. The quantitative estimate of drug-likeness (QED) is 0.424. The van der Waals surface area contributed by atoms with Gasteiger partial charge in [-0.15, -0.1) is 35.3 Å². The van der Waals surface area contributed by atoms with Crippen molar-refractivity contribution in [2.75, 3.05) is 33.9 Å². The maximum absolute atomic E-state index is 5.26. The summed E-state index contributed by atoms with van der Waals surface area (Å²) in [6.45, 7) is 10.2. The number of thiazole rings is 1. The second-order valence-corrected chi connectivity index (χ2v) is 7.45. The van der Waals surface area contributed by atoms with Crippen molar-refractivity contribution in [1.29, 1.82) is 0 Å². The fraction of sp³-hybridized carbons (Fsp3) is 0.750. The molecule has 5 nitrogen and oxygen atoms in total. The van der Waals surface area contributed by atoms with E-state index in [-0.39, 0.29) is 24.0 Å². The maximum atomic E-state index is 5.26. The van der Waals surface area contributed by atoms with Gasteiger partial charge in [0, 0.05) is 38.0 Å². The van der Waals surface area contributed by atoms with Crippen LogP contribution in [0, 0.1) is 12.8 Å². The van der Waals surface area contributed by atoms with E-state index >= 15 is 0 Å². The highest BCUT2D eigenvalue weighted by Crippen LogP contribution is 2.24. The Morgan fingerprint density at radius 2 is 2.26 bits per heavy atom. The molecule has 0 aromatic carbocycles. The molecule has 23 heavy (non-hydrogen) atoms. The fourth-order valence-corrected chi connectivity index (χ4v) is 3.99. The van der Waals surface area contributed by atoms with Gasteiger partial charge in [0.2, 0.25) is 0 Å². The van der Waals surface area contributed by atoms with E-state index in [2.05, 4.69) is 36.0 Å². The van der Waals surface area contributed by atoms with E-state index in [1.165, 1.54) is 17.0 Å². The van der Waals surface area contributed by atoms with Crippen molar-refractivity contribution in [1.82, 2.24) is 15.2 Å². The summed E-state index contributed by atoms with van der Waals surface area (Å²) in [5.74, 6) is 2.06. The van der Waals surface area contributed by atoms with Crippen LogP contribution in [0.25, 0.3) is 0 Å². The van der Waals surface area contributed by atoms with Gasteiger partial charge in [-0.2, -0.15) is 0 Å². The summed E-state index contributed by atoms with van der Waals surface area (Å²) in [6, 6.07) is 0. The number of nitrogens with zero attached hydrogens (tertiary/aromatic N) is 3. The van der Waals surface area contributed by atoms with Crippen molar-refractivity contribution in [3.8, 4) is 0 Å². The number of aromatic nitrogens is 1. The first kappa shape index (κ1) is 20.6. The second kappa shape index (κ2) is 9.78. The van der Waals surface area contributed by atoms with Gasteiger partial charge in [0.15, 0.2) is 5.96 Å². The molecule has 0 aliphatic carbocycles. The molecule has 1 fully saturated rings. The van der Waals surface area contributed by atoms with Crippen LogP contribution in [-0.2, 0) is 11.3 Å². The average Bonchev–Trinajstić information content (AvgIpc) is 3.07. The monoisotopic (exact) mass is 452 g/mol.